The van der Waals surface area contributed by atoms with Gasteiger partial charge in [0.05, 0.1) is 16.8 Å². The first-order valence-corrected chi connectivity index (χ1v) is 8.69. The Kier molecular flexibility index (Phi) is 4.68. The summed E-state index contributed by atoms with van der Waals surface area (Å²) < 4.78 is 24.6. The van der Waals surface area contributed by atoms with Crippen LogP contribution in [0.1, 0.15) is 20.3 Å². The SMILES string of the molecule is CCOP(=O)(Oc1nc2ccccc2s1)C(=S)CC. The van der Waals surface area contributed by atoms with Crippen LogP contribution in [0.2, 0.25) is 0 Å². The van der Waals surface area contributed by atoms with E-state index in [1.807, 2.05) is 31.2 Å². The number of fused-ring (bicyclic) bond motifs is 1. The van der Waals surface area contributed by atoms with Crippen LogP contribution in [0.15, 0.2) is 24.3 Å². The lowest BCUT2D eigenvalue weighted by Gasteiger charge is -2.16. The standard InChI is InChI=1S/C12H14NO3PS2/c1-3-11(18)17(14,15-4-2)16-12-13-9-7-5-6-8-10(9)19-12/h5-8H,3-4H2,1-2H3. The van der Waals surface area contributed by atoms with Crippen molar-refractivity contribution >= 4 is 46.0 Å². The van der Waals surface area contributed by atoms with Gasteiger partial charge in [0, 0.05) is 0 Å². The zero-order chi connectivity index (χ0) is 13.9. The molecule has 0 saturated carbocycles. The van der Waals surface area contributed by atoms with Gasteiger partial charge in [-0.25, -0.2) is 9.55 Å². The molecule has 0 N–H and O–H groups in total. The minimum atomic E-state index is -3.41. The molecule has 0 aliphatic carbocycles. The van der Waals surface area contributed by atoms with Crippen LogP contribution in [0.4, 0.5) is 0 Å². The molecule has 2 aromatic rings. The molecule has 102 valence electrons. The first-order chi connectivity index (χ1) is 9.09. The van der Waals surface area contributed by atoms with E-state index in [9.17, 15) is 4.57 Å². The molecule has 0 aliphatic heterocycles. The number of thiocarbonyl (C=S) groups is 1. The minimum absolute atomic E-state index is 0.280. The van der Waals surface area contributed by atoms with E-state index in [1.54, 1.807) is 6.92 Å². The number of nitrogens with zero attached hydrogens (tertiary/aromatic N) is 1. The predicted octanol–water partition coefficient (Wildman–Crippen LogP) is 4.64. The van der Waals surface area contributed by atoms with Crippen LogP contribution in [-0.2, 0) is 9.09 Å². The van der Waals surface area contributed by atoms with Crippen LogP contribution < -0.4 is 4.52 Å². The molecule has 1 heterocycles. The predicted molar refractivity (Wildman–Crippen MR) is 82.4 cm³/mol. The Hall–Kier alpha value is -0.810. The summed E-state index contributed by atoms with van der Waals surface area (Å²) in [5, 5.41) is 0.328. The summed E-state index contributed by atoms with van der Waals surface area (Å²) >= 11 is 6.43. The molecule has 0 fully saturated rings. The van der Waals surface area contributed by atoms with E-state index in [-0.39, 0.29) is 6.61 Å². The number of aromatic nitrogens is 1. The lowest BCUT2D eigenvalue weighted by Crippen LogP contribution is -2.06. The van der Waals surface area contributed by atoms with Crippen LogP contribution in [0.25, 0.3) is 10.2 Å². The maximum atomic E-state index is 12.6. The highest BCUT2D eigenvalue weighted by molar-refractivity contribution is 7.98. The molecule has 0 amide bonds. The van der Waals surface area contributed by atoms with Crippen LogP contribution >= 0.6 is 31.2 Å². The average molecular weight is 315 g/mol. The third-order valence-corrected chi connectivity index (χ3v) is 6.32. The summed E-state index contributed by atoms with van der Waals surface area (Å²) in [6, 6.07) is 7.62. The van der Waals surface area contributed by atoms with Crippen molar-refractivity contribution in [3.05, 3.63) is 24.3 Å². The van der Waals surface area contributed by atoms with Gasteiger partial charge in [0.2, 0.25) is 0 Å². The fourth-order valence-electron chi connectivity index (χ4n) is 1.51. The molecular formula is C12H14NO3PS2. The monoisotopic (exact) mass is 315 g/mol. The van der Waals surface area contributed by atoms with Gasteiger partial charge in [-0.1, -0.05) is 42.6 Å². The van der Waals surface area contributed by atoms with Gasteiger partial charge in [-0.2, -0.15) is 0 Å². The molecule has 0 radical (unpaired) electrons. The molecule has 19 heavy (non-hydrogen) atoms. The van der Waals surface area contributed by atoms with Crippen molar-refractivity contribution in [3.63, 3.8) is 0 Å². The molecule has 0 bridgehead atoms. The van der Waals surface area contributed by atoms with Gasteiger partial charge in [0.1, 0.15) is 4.61 Å². The fraction of sp³-hybridized carbons (Fsp3) is 0.333. The smallest absolute Gasteiger partial charge is 0.393 e. The summed E-state index contributed by atoms with van der Waals surface area (Å²) in [5.74, 6) is 0. The summed E-state index contributed by atoms with van der Waals surface area (Å²) in [5.41, 5.74) is 0.813. The van der Waals surface area contributed by atoms with Gasteiger partial charge >= 0.3 is 7.60 Å². The number of rotatable bonds is 6. The van der Waals surface area contributed by atoms with Crippen molar-refractivity contribution in [2.75, 3.05) is 6.61 Å². The third-order valence-electron chi connectivity index (χ3n) is 2.38. The van der Waals surface area contributed by atoms with E-state index in [4.69, 9.17) is 21.3 Å². The van der Waals surface area contributed by atoms with E-state index in [0.717, 1.165) is 10.2 Å². The molecule has 1 aromatic heterocycles. The summed E-state index contributed by atoms with van der Waals surface area (Å²) in [7, 11) is -3.41. The zero-order valence-corrected chi connectivity index (χ0v) is 13.2. The highest BCUT2D eigenvalue weighted by Crippen LogP contribution is 2.51. The lowest BCUT2D eigenvalue weighted by atomic mass is 10.3. The molecule has 1 aromatic carbocycles. The second-order valence-corrected chi connectivity index (χ2v) is 7.47. The van der Waals surface area contributed by atoms with Gasteiger partial charge < -0.3 is 4.52 Å². The van der Waals surface area contributed by atoms with E-state index in [1.165, 1.54) is 11.3 Å². The number of hydrogen-bond acceptors (Lipinski definition) is 6. The number of hydrogen-bond donors (Lipinski definition) is 0. The fourth-order valence-corrected chi connectivity index (χ4v) is 4.19. The largest absolute Gasteiger partial charge is 0.419 e. The Labute approximate surface area is 121 Å². The maximum Gasteiger partial charge on any atom is 0.419 e. The Morgan fingerprint density at radius 3 is 2.79 bits per heavy atom. The molecule has 1 atom stereocenters. The third kappa shape index (κ3) is 3.20. The Bertz CT molecular complexity index is 608. The second kappa shape index (κ2) is 6.09. The Morgan fingerprint density at radius 2 is 2.16 bits per heavy atom. The van der Waals surface area contributed by atoms with E-state index in [0.29, 0.717) is 16.2 Å². The minimum Gasteiger partial charge on any atom is -0.393 e. The molecule has 2 rings (SSSR count). The van der Waals surface area contributed by atoms with Crippen LogP contribution in [0.5, 0.6) is 5.19 Å². The topological polar surface area (TPSA) is 48.4 Å². The lowest BCUT2D eigenvalue weighted by molar-refractivity contribution is 0.291. The second-order valence-electron chi connectivity index (χ2n) is 3.70. The van der Waals surface area contributed by atoms with Gasteiger partial charge in [0.15, 0.2) is 0 Å². The molecule has 1 unspecified atom stereocenters. The molecular weight excluding hydrogens is 301 g/mol. The molecule has 4 nitrogen and oxygen atoms in total. The first kappa shape index (κ1) is 14.6. The highest BCUT2D eigenvalue weighted by Gasteiger charge is 2.32. The van der Waals surface area contributed by atoms with Crippen molar-refractivity contribution in [3.8, 4) is 5.19 Å². The van der Waals surface area contributed by atoms with Crippen LogP contribution in [0.3, 0.4) is 0 Å². The van der Waals surface area contributed by atoms with Crippen molar-refractivity contribution < 1.29 is 13.6 Å². The number of para-hydroxylation sites is 1. The number of benzene rings is 1. The van der Waals surface area contributed by atoms with Crippen molar-refractivity contribution in [2.24, 2.45) is 0 Å². The van der Waals surface area contributed by atoms with Crippen LogP contribution in [-0.4, -0.2) is 16.2 Å². The quantitative estimate of drug-likeness (QED) is 0.574. The maximum absolute atomic E-state index is 12.6. The van der Waals surface area contributed by atoms with Gasteiger partial charge in [0.25, 0.3) is 5.19 Å². The van der Waals surface area contributed by atoms with E-state index in [2.05, 4.69) is 4.98 Å². The summed E-state index contributed by atoms with van der Waals surface area (Å²) in [4.78, 5) is 4.28. The van der Waals surface area contributed by atoms with Gasteiger partial charge in [-0.05, 0) is 25.5 Å². The molecule has 0 spiro atoms. The summed E-state index contributed by atoms with van der Waals surface area (Å²) in [6.07, 6.45) is 0.470. The number of thiazole rings is 1. The van der Waals surface area contributed by atoms with Crippen molar-refractivity contribution in [2.45, 2.75) is 20.3 Å². The summed E-state index contributed by atoms with van der Waals surface area (Å²) in [6.45, 7) is 3.87. The van der Waals surface area contributed by atoms with Gasteiger partial charge in [-0.15, -0.1) is 0 Å². The average Bonchev–Trinajstić information content (AvgIpc) is 2.79. The Morgan fingerprint density at radius 1 is 1.42 bits per heavy atom. The molecule has 0 saturated heterocycles. The Balaban J connectivity index is 2.31. The van der Waals surface area contributed by atoms with Gasteiger partial charge in [-0.3, -0.25) is 4.52 Å². The highest BCUT2D eigenvalue weighted by atomic mass is 32.1. The zero-order valence-electron chi connectivity index (χ0n) is 10.7. The molecule has 7 heteroatoms. The first-order valence-electron chi connectivity index (χ1n) is 5.92. The van der Waals surface area contributed by atoms with Crippen LogP contribution in [0, 0.1) is 0 Å². The molecule has 0 aliphatic rings. The van der Waals surface area contributed by atoms with Crippen molar-refractivity contribution in [1.29, 1.82) is 0 Å². The van der Waals surface area contributed by atoms with E-state index >= 15 is 0 Å². The van der Waals surface area contributed by atoms with E-state index < -0.39 is 7.60 Å². The normalized spacial score (nSPS) is 14.2. The van der Waals surface area contributed by atoms with Crippen molar-refractivity contribution in [1.82, 2.24) is 4.98 Å².